The lowest BCUT2D eigenvalue weighted by molar-refractivity contribution is -0.118. The Morgan fingerprint density at radius 1 is 1.07 bits per heavy atom. The Labute approximate surface area is 173 Å². The number of rotatable bonds is 4. The Morgan fingerprint density at radius 2 is 1.97 bits per heavy atom. The molecule has 1 spiro atoms. The van der Waals surface area contributed by atoms with E-state index in [-0.39, 0.29) is 5.60 Å². The molecule has 152 valence electrons. The largest absolute Gasteiger partial charge is 0.372 e. The summed E-state index contributed by atoms with van der Waals surface area (Å²) in [5, 5.41) is 9.14. The summed E-state index contributed by atoms with van der Waals surface area (Å²) in [5.41, 5.74) is 4.15. The molecule has 0 saturated carbocycles. The zero-order valence-corrected chi connectivity index (χ0v) is 17.3. The van der Waals surface area contributed by atoms with Crippen LogP contribution in [0.3, 0.4) is 0 Å². The number of hydrogen-bond acceptors (Lipinski definition) is 5. The van der Waals surface area contributed by atoms with Gasteiger partial charge in [-0.3, -0.25) is 14.8 Å². The Bertz CT molecular complexity index is 877. The van der Waals surface area contributed by atoms with E-state index in [9.17, 15) is 0 Å². The lowest BCUT2D eigenvalue weighted by atomic mass is 9.92. The molecular formula is C24H30N4O. The summed E-state index contributed by atoms with van der Waals surface area (Å²) in [7, 11) is 0. The number of ether oxygens (including phenoxy) is 1. The molecule has 29 heavy (non-hydrogen) atoms. The van der Waals surface area contributed by atoms with Crippen molar-refractivity contribution in [2.24, 2.45) is 0 Å². The summed E-state index contributed by atoms with van der Waals surface area (Å²) in [6.07, 6.45) is 3.32. The van der Waals surface area contributed by atoms with Crippen LogP contribution in [0, 0.1) is 18.3 Å². The first-order chi connectivity index (χ1) is 14.1. The van der Waals surface area contributed by atoms with E-state index in [0.717, 1.165) is 82.1 Å². The second-order valence-corrected chi connectivity index (χ2v) is 8.45. The van der Waals surface area contributed by atoms with E-state index in [1.54, 1.807) is 0 Å². The maximum absolute atomic E-state index is 9.14. The van der Waals surface area contributed by atoms with Crippen LogP contribution in [0.5, 0.6) is 0 Å². The summed E-state index contributed by atoms with van der Waals surface area (Å²) in [6, 6.07) is 16.5. The Balaban J connectivity index is 1.37. The van der Waals surface area contributed by atoms with Crippen LogP contribution in [0.1, 0.15) is 41.8 Å². The van der Waals surface area contributed by atoms with E-state index in [2.05, 4.69) is 52.0 Å². The fourth-order valence-electron chi connectivity index (χ4n) is 4.66. The SMILES string of the molecule is Cc1cccc(CN2CCOC3(CCCN(Cc4cccc(C#N)c4)CC3)C2)n1. The van der Waals surface area contributed by atoms with Gasteiger partial charge in [-0.1, -0.05) is 18.2 Å². The van der Waals surface area contributed by atoms with Gasteiger partial charge in [0.25, 0.3) is 0 Å². The van der Waals surface area contributed by atoms with Crippen LogP contribution in [-0.2, 0) is 17.8 Å². The minimum Gasteiger partial charge on any atom is -0.372 e. The molecule has 2 aromatic rings. The van der Waals surface area contributed by atoms with Crippen molar-refractivity contribution in [3.05, 3.63) is 65.0 Å². The molecule has 2 saturated heterocycles. The third kappa shape index (κ3) is 5.22. The molecule has 2 aliphatic rings. The fourth-order valence-corrected chi connectivity index (χ4v) is 4.66. The zero-order valence-electron chi connectivity index (χ0n) is 17.3. The van der Waals surface area contributed by atoms with Gasteiger partial charge in [-0.25, -0.2) is 0 Å². The first kappa shape index (κ1) is 20.0. The number of hydrogen-bond donors (Lipinski definition) is 0. The Hall–Kier alpha value is -2.26. The third-order valence-corrected chi connectivity index (χ3v) is 6.11. The number of nitriles is 1. The average Bonchev–Trinajstić information content (AvgIpc) is 2.90. The van der Waals surface area contributed by atoms with Crippen molar-refractivity contribution >= 4 is 0 Å². The zero-order chi connectivity index (χ0) is 20.1. The normalized spacial score (nSPS) is 23.6. The molecule has 3 heterocycles. The molecular weight excluding hydrogens is 360 g/mol. The van der Waals surface area contributed by atoms with Gasteiger partial charge >= 0.3 is 0 Å². The second kappa shape index (κ2) is 9.04. The molecule has 4 rings (SSSR count). The van der Waals surface area contributed by atoms with Gasteiger partial charge in [-0.05, 0) is 62.6 Å². The number of morpholine rings is 1. The van der Waals surface area contributed by atoms with Crippen LogP contribution in [-0.4, -0.2) is 53.2 Å². The van der Waals surface area contributed by atoms with Gasteiger partial charge in [0.15, 0.2) is 0 Å². The van der Waals surface area contributed by atoms with Crippen LogP contribution in [0.15, 0.2) is 42.5 Å². The van der Waals surface area contributed by atoms with Crippen molar-refractivity contribution in [3.63, 3.8) is 0 Å². The number of aryl methyl sites for hydroxylation is 1. The van der Waals surface area contributed by atoms with E-state index in [1.165, 1.54) is 5.56 Å². The predicted octanol–water partition coefficient (Wildman–Crippen LogP) is 3.52. The van der Waals surface area contributed by atoms with E-state index in [0.29, 0.717) is 0 Å². The molecule has 0 bridgehead atoms. The third-order valence-electron chi connectivity index (χ3n) is 6.11. The molecule has 1 aromatic carbocycles. The van der Waals surface area contributed by atoms with Crippen LogP contribution in [0.2, 0.25) is 0 Å². The standard InChI is InChI=1S/C24H30N4O/c1-20-5-2-8-23(26-20)18-28-13-14-29-24(19-28)9-4-11-27(12-10-24)17-22-7-3-6-21(15-22)16-25/h2-3,5-8,15H,4,9-14,17-19H2,1H3. The molecule has 0 N–H and O–H groups in total. The van der Waals surface area contributed by atoms with Gasteiger partial charge in [-0.2, -0.15) is 5.26 Å². The first-order valence-electron chi connectivity index (χ1n) is 10.6. The predicted molar refractivity (Wildman–Crippen MR) is 113 cm³/mol. The average molecular weight is 391 g/mol. The summed E-state index contributed by atoms with van der Waals surface area (Å²) in [4.78, 5) is 9.70. The van der Waals surface area contributed by atoms with Gasteiger partial charge < -0.3 is 4.74 Å². The van der Waals surface area contributed by atoms with E-state index in [4.69, 9.17) is 10.00 Å². The van der Waals surface area contributed by atoms with Crippen molar-refractivity contribution in [3.8, 4) is 6.07 Å². The van der Waals surface area contributed by atoms with Crippen LogP contribution >= 0.6 is 0 Å². The van der Waals surface area contributed by atoms with Crippen molar-refractivity contribution in [1.29, 1.82) is 5.26 Å². The molecule has 0 aliphatic carbocycles. The fraction of sp³-hybridized carbons (Fsp3) is 0.500. The minimum atomic E-state index is -0.0364. The van der Waals surface area contributed by atoms with Crippen molar-refractivity contribution in [2.45, 2.75) is 44.9 Å². The number of likely N-dealkylation sites (tertiary alicyclic amines) is 1. The molecule has 1 unspecified atom stereocenters. The maximum atomic E-state index is 9.14. The monoisotopic (exact) mass is 390 g/mol. The summed E-state index contributed by atoms with van der Waals surface area (Å²) in [5.74, 6) is 0. The van der Waals surface area contributed by atoms with Crippen molar-refractivity contribution < 1.29 is 4.74 Å². The summed E-state index contributed by atoms with van der Waals surface area (Å²) in [6.45, 7) is 8.74. The highest BCUT2D eigenvalue weighted by Gasteiger charge is 2.38. The Kier molecular flexibility index (Phi) is 6.25. The van der Waals surface area contributed by atoms with E-state index in [1.807, 2.05) is 18.2 Å². The van der Waals surface area contributed by atoms with Gasteiger partial charge in [0.1, 0.15) is 0 Å². The minimum absolute atomic E-state index is 0.0364. The van der Waals surface area contributed by atoms with E-state index >= 15 is 0 Å². The molecule has 2 fully saturated rings. The molecule has 1 aromatic heterocycles. The van der Waals surface area contributed by atoms with Crippen LogP contribution in [0.4, 0.5) is 0 Å². The number of nitrogens with zero attached hydrogens (tertiary/aromatic N) is 4. The lowest BCUT2D eigenvalue weighted by Gasteiger charge is -2.42. The van der Waals surface area contributed by atoms with E-state index < -0.39 is 0 Å². The number of pyridine rings is 1. The van der Waals surface area contributed by atoms with Gasteiger partial charge in [0.05, 0.1) is 29.5 Å². The van der Waals surface area contributed by atoms with Crippen molar-refractivity contribution in [1.82, 2.24) is 14.8 Å². The van der Waals surface area contributed by atoms with Gasteiger partial charge in [-0.15, -0.1) is 0 Å². The Morgan fingerprint density at radius 3 is 2.83 bits per heavy atom. The molecule has 5 nitrogen and oxygen atoms in total. The van der Waals surface area contributed by atoms with Crippen LogP contribution in [0.25, 0.3) is 0 Å². The highest BCUT2D eigenvalue weighted by atomic mass is 16.5. The topological polar surface area (TPSA) is 52.4 Å². The molecule has 0 radical (unpaired) electrons. The first-order valence-corrected chi connectivity index (χ1v) is 10.6. The molecule has 2 aliphatic heterocycles. The quantitative estimate of drug-likeness (QED) is 0.800. The molecule has 1 atom stereocenters. The highest BCUT2D eigenvalue weighted by Crippen LogP contribution is 2.31. The number of aromatic nitrogens is 1. The summed E-state index contributed by atoms with van der Waals surface area (Å²) < 4.78 is 6.38. The number of benzene rings is 1. The second-order valence-electron chi connectivity index (χ2n) is 8.45. The van der Waals surface area contributed by atoms with Crippen molar-refractivity contribution in [2.75, 3.05) is 32.8 Å². The van der Waals surface area contributed by atoms with Gasteiger partial charge in [0, 0.05) is 38.4 Å². The molecule has 5 heteroatoms. The smallest absolute Gasteiger partial charge is 0.0991 e. The highest BCUT2D eigenvalue weighted by molar-refractivity contribution is 5.32. The summed E-state index contributed by atoms with van der Waals surface area (Å²) >= 11 is 0. The van der Waals surface area contributed by atoms with Gasteiger partial charge in [0.2, 0.25) is 0 Å². The lowest BCUT2D eigenvalue weighted by Crippen LogP contribution is -2.51. The van der Waals surface area contributed by atoms with Crippen LogP contribution < -0.4 is 0 Å². The maximum Gasteiger partial charge on any atom is 0.0991 e. The molecule has 0 amide bonds.